The lowest BCUT2D eigenvalue weighted by molar-refractivity contribution is 0.192. The van der Waals surface area contributed by atoms with Crippen LogP contribution >= 0.6 is 0 Å². The summed E-state index contributed by atoms with van der Waals surface area (Å²) in [5, 5.41) is 3.43. The van der Waals surface area contributed by atoms with Gasteiger partial charge in [0.15, 0.2) is 0 Å². The lowest BCUT2D eigenvalue weighted by Gasteiger charge is -2.36. The fraction of sp³-hybridized carbons (Fsp3) is 0.429. The van der Waals surface area contributed by atoms with E-state index in [0.29, 0.717) is 6.61 Å². The minimum atomic E-state index is 0.0450. The first-order valence-corrected chi connectivity index (χ1v) is 9.17. The summed E-state index contributed by atoms with van der Waals surface area (Å²) in [6.45, 7) is 6.52. The third-order valence-electron chi connectivity index (χ3n) is 4.74. The second-order valence-corrected chi connectivity index (χ2v) is 6.27. The van der Waals surface area contributed by atoms with Gasteiger partial charge in [0.25, 0.3) is 0 Å². The van der Waals surface area contributed by atoms with Gasteiger partial charge >= 0.3 is 0 Å². The largest absolute Gasteiger partial charge is 0.496 e. The summed E-state index contributed by atoms with van der Waals surface area (Å²) in [4.78, 5) is 2.47. The first-order chi connectivity index (χ1) is 12.8. The zero-order chi connectivity index (χ0) is 18.4. The van der Waals surface area contributed by atoms with Crippen molar-refractivity contribution in [3.05, 3.63) is 53.6 Å². The number of methoxy groups -OCH3 is 2. The Balaban J connectivity index is 2.11. The maximum atomic E-state index is 5.74. The molecular weight excluding hydrogens is 328 g/mol. The second-order valence-electron chi connectivity index (χ2n) is 6.27. The highest BCUT2D eigenvalue weighted by atomic mass is 16.5. The van der Waals surface area contributed by atoms with Gasteiger partial charge in [0.05, 0.1) is 32.4 Å². The smallest absolute Gasteiger partial charge is 0.127 e. The molecule has 3 rings (SSSR count). The van der Waals surface area contributed by atoms with Gasteiger partial charge in [-0.05, 0) is 36.8 Å². The number of benzene rings is 2. The van der Waals surface area contributed by atoms with E-state index in [1.807, 2.05) is 31.2 Å². The standard InChI is InChI=1S/C21H28N2O3/c1-4-26-17-8-5-7-16(15-17)21(23-13-11-22-12-14-23)20-18(24-2)9-6-10-19(20)25-3/h5-10,15,21-22H,4,11-14H2,1-3H3. The van der Waals surface area contributed by atoms with Crippen molar-refractivity contribution in [2.24, 2.45) is 0 Å². The molecule has 5 heteroatoms. The Morgan fingerprint density at radius 3 is 2.27 bits per heavy atom. The van der Waals surface area contributed by atoms with E-state index in [0.717, 1.165) is 49.0 Å². The summed E-state index contributed by atoms with van der Waals surface area (Å²) >= 11 is 0. The van der Waals surface area contributed by atoms with E-state index in [9.17, 15) is 0 Å². The van der Waals surface area contributed by atoms with Gasteiger partial charge in [-0.15, -0.1) is 0 Å². The lowest BCUT2D eigenvalue weighted by Crippen LogP contribution is -2.45. The zero-order valence-electron chi connectivity index (χ0n) is 15.8. The predicted octanol–water partition coefficient (Wildman–Crippen LogP) is 3.10. The summed E-state index contributed by atoms with van der Waals surface area (Å²) in [6, 6.07) is 14.3. The van der Waals surface area contributed by atoms with Crippen LogP contribution in [-0.4, -0.2) is 51.9 Å². The fourth-order valence-corrected chi connectivity index (χ4v) is 3.59. The van der Waals surface area contributed by atoms with Gasteiger partial charge in [0.2, 0.25) is 0 Å². The van der Waals surface area contributed by atoms with Crippen molar-refractivity contribution in [2.45, 2.75) is 13.0 Å². The molecule has 1 unspecified atom stereocenters. The Hall–Kier alpha value is -2.24. The Labute approximate surface area is 155 Å². The molecular formula is C21H28N2O3. The molecule has 0 aliphatic carbocycles. The minimum Gasteiger partial charge on any atom is -0.496 e. The summed E-state index contributed by atoms with van der Waals surface area (Å²) in [7, 11) is 3.42. The first-order valence-electron chi connectivity index (χ1n) is 9.17. The quantitative estimate of drug-likeness (QED) is 0.826. The van der Waals surface area contributed by atoms with Gasteiger partial charge < -0.3 is 19.5 Å². The molecule has 0 saturated carbocycles. The van der Waals surface area contributed by atoms with Crippen LogP contribution in [0.25, 0.3) is 0 Å². The van der Waals surface area contributed by atoms with Crippen LogP contribution in [0.1, 0.15) is 24.1 Å². The molecule has 140 valence electrons. The van der Waals surface area contributed by atoms with E-state index >= 15 is 0 Å². The number of ether oxygens (including phenoxy) is 3. The molecule has 0 aromatic heterocycles. The van der Waals surface area contributed by atoms with E-state index < -0.39 is 0 Å². The fourth-order valence-electron chi connectivity index (χ4n) is 3.59. The van der Waals surface area contributed by atoms with Crippen molar-refractivity contribution in [1.29, 1.82) is 0 Å². The second kappa shape index (κ2) is 8.92. The van der Waals surface area contributed by atoms with E-state index in [2.05, 4.69) is 28.4 Å². The summed E-state index contributed by atoms with van der Waals surface area (Å²) in [5.41, 5.74) is 2.24. The van der Waals surface area contributed by atoms with Gasteiger partial charge in [-0.1, -0.05) is 18.2 Å². The van der Waals surface area contributed by atoms with Crippen LogP contribution in [0.5, 0.6) is 17.2 Å². The van der Waals surface area contributed by atoms with Crippen molar-refractivity contribution < 1.29 is 14.2 Å². The molecule has 2 aromatic rings. The van der Waals surface area contributed by atoms with Crippen LogP contribution in [0.2, 0.25) is 0 Å². The molecule has 1 saturated heterocycles. The van der Waals surface area contributed by atoms with Crippen LogP contribution < -0.4 is 19.5 Å². The van der Waals surface area contributed by atoms with E-state index in [4.69, 9.17) is 14.2 Å². The molecule has 2 aromatic carbocycles. The molecule has 26 heavy (non-hydrogen) atoms. The van der Waals surface area contributed by atoms with Crippen LogP contribution in [0, 0.1) is 0 Å². The summed E-state index contributed by atoms with van der Waals surface area (Å²) in [5.74, 6) is 2.57. The zero-order valence-corrected chi connectivity index (χ0v) is 15.8. The molecule has 1 fully saturated rings. The van der Waals surface area contributed by atoms with E-state index in [1.54, 1.807) is 14.2 Å². The van der Waals surface area contributed by atoms with Gasteiger partial charge in [-0.25, -0.2) is 0 Å². The molecule has 1 heterocycles. The maximum absolute atomic E-state index is 5.74. The Morgan fingerprint density at radius 2 is 1.65 bits per heavy atom. The Kier molecular flexibility index (Phi) is 6.36. The molecule has 1 aliphatic heterocycles. The van der Waals surface area contributed by atoms with Gasteiger partial charge in [-0.2, -0.15) is 0 Å². The molecule has 1 aliphatic rings. The van der Waals surface area contributed by atoms with Crippen molar-refractivity contribution in [3.63, 3.8) is 0 Å². The molecule has 1 N–H and O–H groups in total. The number of hydrogen-bond donors (Lipinski definition) is 1. The Bertz CT molecular complexity index is 692. The third-order valence-corrected chi connectivity index (χ3v) is 4.74. The highest BCUT2D eigenvalue weighted by Crippen LogP contribution is 2.41. The van der Waals surface area contributed by atoms with Crippen LogP contribution in [0.4, 0.5) is 0 Å². The summed E-state index contributed by atoms with van der Waals surface area (Å²) < 4.78 is 17.2. The highest BCUT2D eigenvalue weighted by molar-refractivity contribution is 5.51. The molecule has 0 bridgehead atoms. The monoisotopic (exact) mass is 356 g/mol. The van der Waals surface area contributed by atoms with Crippen molar-refractivity contribution in [2.75, 3.05) is 47.0 Å². The topological polar surface area (TPSA) is 43.0 Å². The van der Waals surface area contributed by atoms with Crippen LogP contribution in [-0.2, 0) is 0 Å². The number of nitrogens with zero attached hydrogens (tertiary/aromatic N) is 1. The molecule has 0 amide bonds. The number of nitrogens with one attached hydrogen (secondary N) is 1. The van der Waals surface area contributed by atoms with E-state index in [1.165, 1.54) is 5.56 Å². The third kappa shape index (κ3) is 3.94. The first kappa shape index (κ1) is 18.5. The lowest BCUT2D eigenvalue weighted by atomic mass is 9.94. The van der Waals surface area contributed by atoms with E-state index in [-0.39, 0.29) is 6.04 Å². The molecule has 0 radical (unpaired) electrons. The molecule has 1 atom stereocenters. The van der Waals surface area contributed by atoms with Gasteiger partial charge in [-0.3, -0.25) is 4.90 Å². The highest BCUT2D eigenvalue weighted by Gasteiger charge is 2.29. The predicted molar refractivity (Wildman–Crippen MR) is 103 cm³/mol. The van der Waals surface area contributed by atoms with Crippen LogP contribution in [0.15, 0.2) is 42.5 Å². The Morgan fingerprint density at radius 1 is 1.00 bits per heavy atom. The number of rotatable bonds is 7. The maximum Gasteiger partial charge on any atom is 0.127 e. The molecule has 5 nitrogen and oxygen atoms in total. The number of hydrogen-bond acceptors (Lipinski definition) is 5. The number of piperazine rings is 1. The normalized spacial score (nSPS) is 16.1. The van der Waals surface area contributed by atoms with Crippen molar-refractivity contribution in [1.82, 2.24) is 10.2 Å². The van der Waals surface area contributed by atoms with Crippen molar-refractivity contribution >= 4 is 0 Å². The van der Waals surface area contributed by atoms with Gasteiger partial charge in [0, 0.05) is 26.2 Å². The summed E-state index contributed by atoms with van der Waals surface area (Å²) in [6.07, 6.45) is 0. The minimum absolute atomic E-state index is 0.0450. The van der Waals surface area contributed by atoms with Crippen LogP contribution in [0.3, 0.4) is 0 Å². The SMILES string of the molecule is CCOc1cccc(C(c2c(OC)cccc2OC)N2CCNCC2)c1. The average molecular weight is 356 g/mol. The average Bonchev–Trinajstić information content (AvgIpc) is 2.70. The van der Waals surface area contributed by atoms with Crippen molar-refractivity contribution in [3.8, 4) is 17.2 Å². The molecule has 0 spiro atoms. The van der Waals surface area contributed by atoms with Gasteiger partial charge in [0.1, 0.15) is 17.2 Å².